The molecular weight excluding hydrogens is 338 g/mol. The summed E-state index contributed by atoms with van der Waals surface area (Å²) in [6.45, 7) is 0.650. The first-order chi connectivity index (χ1) is 12.0. The van der Waals surface area contributed by atoms with Gasteiger partial charge in [0.05, 0.1) is 4.90 Å². The first kappa shape index (κ1) is 17.7. The maximum atomic E-state index is 12.4. The van der Waals surface area contributed by atoms with Gasteiger partial charge in [-0.2, -0.15) is 0 Å². The summed E-state index contributed by atoms with van der Waals surface area (Å²) in [6, 6.07) is 11.3. The summed E-state index contributed by atoms with van der Waals surface area (Å²) in [6.07, 6.45) is 6.03. The van der Waals surface area contributed by atoms with Gasteiger partial charge in [0.2, 0.25) is 0 Å². The summed E-state index contributed by atoms with van der Waals surface area (Å²) in [7, 11) is -3.48. The largest absolute Gasteiger partial charge is 0.455 e. The maximum Gasteiger partial charge on any atom is 0.287 e. The molecule has 6 heteroatoms. The van der Waals surface area contributed by atoms with Gasteiger partial charge in [-0.15, -0.1) is 0 Å². The van der Waals surface area contributed by atoms with Crippen LogP contribution in [0.25, 0.3) is 0 Å². The van der Waals surface area contributed by atoms with Crippen molar-refractivity contribution in [1.82, 2.24) is 5.32 Å². The number of hydrogen-bond donors (Lipinski definition) is 1. The summed E-state index contributed by atoms with van der Waals surface area (Å²) >= 11 is 0. The van der Waals surface area contributed by atoms with Crippen molar-refractivity contribution in [2.45, 2.75) is 42.8 Å². The number of benzene rings is 1. The fourth-order valence-corrected chi connectivity index (χ4v) is 4.46. The summed E-state index contributed by atoms with van der Waals surface area (Å²) in [5.74, 6) is 0.424. The monoisotopic (exact) mass is 361 g/mol. The molecule has 0 saturated heterocycles. The first-order valence-corrected chi connectivity index (χ1v) is 10.3. The van der Waals surface area contributed by atoms with Gasteiger partial charge in [-0.05, 0) is 43.0 Å². The van der Waals surface area contributed by atoms with Gasteiger partial charge in [-0.25, -0.2) is 8.42 Å². The molecule has 0 bridgehead atoms. The van der Waals surface area contributed by atoms with E-state index in [4.69, 9.17) is 4.42 Å². The zero-order chi connectivity index (χ0) is 17.7. The van der Waals surface area contributed by atoms with E-state index in [0.29, 0.717) is 12.5 Å². The van der Waals surface area contributed by atoms with Gasteiger partial charge < -0.3 is 9.73 Å². The molecule has 0 radical (unpaired) electrons. The maximum absolute atomic E-state index is 12.4. The van der Waals surface area contributed by atoms with Crippen molar-refractivity contribution in [3.63, 3.8) is 0 Å². The molecule has 1 fully saturated rings. The minimum absolute atomic E-state index is 0.161. The van der Waals surface area contributed by atoms with E-state index in [1.54, 1.807) is 36.4 Å². The predicted octanol–water partition coefficient (Wildman–Crippen LogP) is 3.56. The van der Waals surface area contributed by atoms with E-state index in [1.165, 1.54) is 25.3 Å². The molecule has 1 aromatic carbocycles. The van der Waals surface area contributed by atoms with Crippen LogP contribution in [0.3, 0.4) is 0 Å². The van der Waals surface area contributed by atoms with Gasteiger partial charge in [0.15, 0.2) is 15.6 Å². The van der Waals surface area contributed by atoms with E-state index < -0.39 is 9.84 Å². The third-order valence-electron chi connectivity index (χ3n) is 4.60. The average Bonchev–Trinajstić information content (AvgIpc) is 3.09. The Morgan fingerprint density at radius 2 is 1.76 bits per heavy atom. The molecule has 2 aromatic rings. The van der Waals surface area contributed by atoms with Crippen molar-refractivity contribution < 1.29 is 17.6 Å². The normalized spacial score (nSPS) is 15.8. The van der Waals surface area contributed by atoms with Crippen molar-refractivity contribution in [3.05, 3.63) is 54.0 Å². The molecule has 3 rings (SSSR count). The quantitative estimate of drug-likeness (QED) is 0.853. The molecule has 1 N–H and O–H groups in total. The van der Waals surface area contributed by atoms with Crippen LogP contribution in [0.2, 0.25) is 0 Å². The molecule has 1 aliphatic rings. The van der Waals surface area contributed by atoms with Gasteiger partial charge in [0.25, 0.3) is 5.91 Å². The highest BCUT2D eigenvalue weighted by Crippen LogP contribution is 2.23. The Morgan fingerprint density at radius 3 is 2.48 bits per heavy atom. The van der Waals surface area contributed by atoms with Crippen LogP contribution in [-0.2, 0) is 15.6 Å². The second kappa shape index (κ2) is 7.87. The lowest BCUT2D eigenvalue weighted by molar-refractivity contribution is 0.0914. The smallest absolute Gasteiger partial charge is 0.287 e. The van der Waals surface area contributed by atoms with Gasteiger partial charge in [0, 0.05) is 6.54 Å². The Kier molecular flexibility index (Phi) is 5.58. The molecule has 25 heavy (non-hydrogen) atoms. The SMILES string of the molecule is O=C(NCC1CCCCC1)c1ccc(CS(=O)(=O)c2ccccc2)o1. The summed E-state index contributed by atoms with van der Waals surface area (Å²) in [4.78, 5) is 12.4. The lowest BCUT2D eigenvalue weighted by Gasteiger charge is -2.21. The van der Waals surface area contributed by atoms with Gasteiger partial charge >= 0.3 is 0 Å². The topological polar surface area (TPSA) is 76.4 Å². The van der Waals surface area contributed by atoms with Crippen LogP contribution < -0.4 is 5.32 Å². The molecule has 1 aliphatic carbocycles. The van der Waals surface area contributed by atoms with Crippen molar-refractivity contribution in [1.29, 1.82) is 0 Å². The second-order valence-electron chi connectivity index (χ2n) is 6.55. The summed E-state index contributed by atoms with van der Waals surface area (Å²) < 4.78 is 30.2. The number of carbonyl (C=O) groups is 1. The van der Waals surface area contributed by atoms with Crippen molar-refractivity contribution in [2.24, 2.45) is 5.92 Å². The Hall–Kier alpha value is -2.08. The van der Waals surface area contributed by atoms with Crippen molar-refractivity contribution >= 4 is 15.7 Å². The lowest BCUT2D eigenvalue weighted by Crippen LogP contribution is -2.29. The Balaban J connectivity index is 1.59. The Labute approximate surface area is 148 Å². The highest BCUT2D eigenvalue weighted by atomic mass is 32.2. The molecule has 0 spiro atoms. The van der Waals surface area contributed by atoms with Crippen LogP contribution in [0.5, 0.6) is 0 Å². The number of amides is 1. The Bertz CT molecular complexity index is 805. The highest BCUT2D eigenvalue weighted by molar-refractivity contribution is 7.90. The molecule has 0 unspecified atom stereocenters. The average molecular weight is 361 g/mol. The van der Waals surface area contributed by atoms with Gasteiger partial charge in [-0.1, -0.05) is 37.5 Å². The van der Waals surface area contributed by atoms with Crippen LogP contribution in [0.4, 0.5) is 0 Å². The minimum Gasteiger partial charge on any atom is -0.455 e. The standard InChI is InChI=1S/C19H23NO4S/c21-19(20-13-15-7-3-1-4-8-15)18-12-11-16(24-18)14-25(22,23)17-9-5-2-6-10-17/h2,5-6,9-12,15H,1,3-4,7-8,13-14H2,(H,20,21). The van der Waals surface area contributed by atoms with Crippen molar-refractivity contribution in [3.8, 4) is 0 Å². The van der Waals surface area contributed by atoms with E-state index in [1.807, 2.05) is 0 Å². The number of furan rings is 1. The number of nitrogens with one attached hydrogen (secondary N) is 1. The zero-order valence-corrected chi connectivity index (χ0v) is 14.9. The fraction of sp³-hybridized carbons (Fsp3) is 0.421. The molecule has 5 nitrogen and oxygen atoms in total. The molecule has 1 saturated carbocycles. The third-order valence-corrected chi connectivity index (χ3v) is 6.25. The zero-order valence-electron chi connectivity index (χ0n) is 14.1. The van der Waals surface area contributed by atoms with Crippen molar-refractivity contribution in [2.75, 3.05) is 6.54 Å². The lowest BCUT2D eigenvalue weighted by atomic mass is 9.89. The van der Waals surface area contributed by atoms with E-state index in [0.717, 1.165) is 12.8 Å². The van der Waals surface area contributed by atoms with E-state index in [2.05, 4.69) is 5.32 Å². The summed E-state index contributed by atoms with van der Waals surface area (Å²) in [5, 5.41) is 2.89. The number of sulfone groups is 1. The molecule has 134 valence electrons. The molecule has 0 aliphatic heterocycles. The molecule has 1 aromatic heterocycles. The summed E-state index contributed by atoms with van der Waals surface area (Å²) in [5.41, 5.74) is 0. The molecular formula is C19H23NO4S. The van der Waals surface area contributed by atoms with E-state index in [-0.39, 0.29) is 28.1 Å². The van der Waals surface area contributed by atoms with Gasteiger partial charge in [0.1, 0.15) is 11.5 Å². The predicted molar refractivity (Wildman–Crippen MR) is 94.9 cm³/mol. The van der Waals surface area contributed by atoms with Crippen LogP contribution in [0.1, 0.15) is 48.4 Å². The highest BCUT2D eigenvalue weighted by Gasteiger charge is 2.20. The minimum atomic E-state index is -3.48. The van der Waals surface area contributed by atoms with Crippen LogP contribution in [0.15, 0.2) is 51.8 Å². The molecule has 0 atom stereocenters. The molecule has 1 heterocycles. The van der Waals surface area contributed by atoms with E-state index >= 15 is 0 Å². The fourth-order valence-electron chi connectivity index (χ4n) is 3.19. The number of hydrogen-bond acceptors (Lipinski definition) is 4. The number of rotatable bonds is 6. The second-order valence-corrected chi connectivity index (χ2v) is 8.54. The molecule has 1 amide bonds. The first-order valence-electron chi connectivity index (χ1n) is 8.69. The van der Waals surface area contributed by atoms with Crippen LogP contribution in [-0.4, -0.2) is 20.9 Å². The van der Waals surface area contributed by atoms with Crippen LogP contribution in [0, 0.1) is 5.92 Å². The van der Waals surface area contributed by atoms with Crippen LogP contribution >= 0.6 is 0 Å². The third kappa shape index (κ3) is 4.72. The number of carbonyl (C=O) groups excluding carboxylic acids is 1. The Morgan fingerprint density at radius 1 is 1.04 bits per heavy atom. The van der Waals surface area contributed by atoms with Gasteiger partial charge in [-0.3, -0.25) is 4.79 Å². The van der Waals surface area contributed by atoms with E-state index in [9.17, 15) is 13.2 Å².